The van der Waals surface area contributed by atoms with E-state index in [2.05, 4.69) is 10.9 Å². The van der Waals surface area contributed by atoms with Crippen molar-refractivity contribution in [3.63, 3.8) is 0 Å². The highest BCUT2D eigenvalue weighted by Crippen LogP contribution is 2.13. The van der Waals surface area contributed by atoms with Crippen LogP contribution in [-0.2, 0) is 14.6 Å². The first-order valence-corrected chi connectivity index (χ1v) is 9.45. The van der Waals surface area contributed by atoms with E-state index in [-0.39, 0.29) is 22.6 Å². The molecule has 132 valence electrons. The Morgan fingerprint density at radius 1 is 1.04 bits per heavy atom. The summed E-state index contributed by atoms with van der Waals surface area (Å²) in [6.07, 6.45) is -0.272. The first-order valence-electron chi connectivity index (χ1n) is 7.42. The molecule has 2 aromatic rings. The topological polar surface area (TPSA) is 92.3 Å². The van der Waals surface area contributed by atoms with Crippen molar-refractivity contribution in [3.05, 3.63) is 64.7 Å². The van der Waals surface area contributed by atoms with Gasteiger partial charge in [0.25, 0.3) is 5.91 Å². The quantitative estimate of drug-likeness (QED) is 0.778. The maximum absolute atomic E-state index is 12.2. The molecule has 2 aromatic carbocycles. The third kappa shape index (κ3) is 5.58. The molecule has 0 heterocycles. The first kappa shape index (κ1) is 19.0. The van der Waals surface area contributed by atoms with Crippen LogP contribution in [0, 0.1) is 6.92 Å². The number of sulfone groups is 1. The predicted octanol–water partition coefficient (Wildman–Crippen LogP) is 2.27. The van der Waals surface area contributed by atoms with Crippen molar-refractivity contribution in [1.82, 2.24) is 10.9 Å². The minimum Gasteiger partial charge on any atom is -0.273 e. The van der Waals surface area contributed by atoms with E-state index in [1.54, 1.807) is 24.3 Å². The standard InChI is InChI=1S/C17H17ClN2O4S/c1-12-5-7-15(8-6-12)25(23,24)10-9-16(21)19-20-17(22)13-3-2-4-14(18)11-13/h2-8,11H,9-10H2,1H3,(H,19,21)(H,20,22). The Kier molecular flexibility index (Phi) is 6.17. The number of carbonyl (C=O) groups excluding carboxylic acids is 2. The highest BCUT2D eigenvalue weighted by molar-refractivity contribution is 7.91. The van der Waals surface area contributed by atoms with Crippen molar-refractivity contribution in [3.8, 4) is 0 Å². The van der Waals surface area contributed by atoms with Crippen LogP contribution in [-0.4, -0.2) is 26.0 Å². The van der Waals surface area contributed by atoms with Crippen molar-refractivity contribution in [2.24, 2.45) is 0 Å². The van der Waals surface area contributed by atoms with Gasteiger partial charge < -0.3 is 0 Å². The minimum absolute atomic E-state index is 0.161. The Labute approximate surface area is 151 Å². The number of nitrogens with one attached hydrogen (secondary N) is 2. The molecule has 0 bridgehead atoms. The van der Waals surface area contributed by atoms with E-state index >= 15 is 0 Å². The molecule has 6 nitrogen and oxygen atoms in total. The molecule has 0 radical (unpaired) electrons. The first-order chi connectivity index (χ1) is 11.8. The average Bonchev–Trinajstić information content (AvgIpc) is 2.58. The normalized spacial score (nSPS) is 11.0. The maximum atomic E-state index is 12.2. The smallest absolute Gasteiger partial charge is 0.269 e. The van der Waals surface area contributed by atoms with Gasteiger partial charge in [-0.1, -0.05) is 35.4 Å². The number of hydrogen-bond acceptors (Lipinski definition) is 4. The van der Waals surface area contributed by atoms with Crippen LogP contribution in [0.2, 0.25) is 5.02 Å². The zero-order valence-corrected chi connectivity index (χ0v) is 15.0. The molecule has 0 spiro atoms. The predicted molar refractivity (Wildman–Crippen MR) is 94.9 cm³/mol. The summed E-state index contributed by atoms with van der Waals surface area (Å²) in [7, 11) is -3.56. The van der Waals surface area contributed by atoms with Gasteiger partial charge in [-0.15, -0.1) is 0 Å². The summed E-state index contributed by atoms with van der Waals surface area (Å²) in [5.74, 6) is -1.50. The summed E-state index contributed by atoms with van der Waals surface area (Å²) >= 11 is 5.79. The van der Waals surface area contributed by atoms with Crippen molar-refractivity contribution < 1.29 is 18.0 Å². The number of halogens is 1. The van der Waals surface area contributed by atoms with E-state index in [4.69, 9.17) is 11.6 Å². The van der Waals surface area contributed by atoms with Crippen LogP contribution >= 0.6 is 11.6 Å². The lowest BCUT2D eigenvalue weighted by Gasteiger charge is -2.08. The van der Waals surface area contributed by atoms with Crippen LogP contribution < -0.4 is 10.9 Å². The van der Waals surface area contributed by atoms with Crippen LogP contribution in [0.4, 0.5) is 0 Å². The summed E-state index contributed by atoms with van der Waals surface area (Å²) in [5.41, 5.74) is 5.63. The van der Waals surface area contributed by atoms with Crippen molar-refractivity contribution in [1.29, 1.82) is 0 Å². The minimum atomic E-state index is -3.56. The van der Waals surface area contributed by atoms with E-state index in [9.17, 15) is 18.0 Å². The molecule has 0 aliphatic rings. The Morgan fingerprint density at radius 2 is 1.72 bits per heavy atom. The van der Waals surface area contributed by atoms with Crippen LogP contribution in [0.15, 0.2) is 53.4 Å². The highest BCUT2D eigenvalue weighted by atomic mass is 35.5. The number of hydrogen-bond donors (Lipinski definition) is 2. The summed E-state index contributed by atoms with van der Waals surface area (Å²) in [5, 5.41) is 0.392. The molecule has 0 aliphatic heterocycles. The van der Waals surface area contributed by atoms with Crippen LogP contribution in [0.5, 0.6) is 0 Å². The molecule has 0 saturated heterocycles. The largest absolute Gasteiger partial charge is 0.273 e. The zero-order valence-electron chi connectivity index (χ0n) is 13.5. The SMILES string of the molecule is Cc1ccc(S(=O)(=O)CCC(=O)NNC(=O)c2cccc(Cl)c2)cc1. The van der Waals surface area contributed by atoms with Gasteiger partial charge in [0.05, 0.1) is 10.6 Å². The fraction of sp³-hybridized carbons (Fsp3) is 0.176. The average molecular weight is 381 g/mol. The second-order valence-corrected chi connectivity index (χ2v) is 7.94. The molecule has 2 N–H and O–H groups in total. The molecule has 0 aromatic heterocycles. The highest BCUT2D eigenvalue weighted by Gasteiger charge is 2.16. The number of rotatable bonds is 5. The Hall–Kier alpha value is -2.38. The maximum Gasteiger partial charge on any atom is 0.269 e. The van der Waals surface area contributed by atoms with E-state index in [1.165, 1.54) is 24.3 Å². The third-order valence-corrected chi connectivity index (χ3v) is 5.35. The lowest BCUT2D eigenvalue weighted by molar-refractivity contribution is -0.121. The Bertz CT molecular complexity index is 880. The van der Waals surface area contributed by atoms with Gasteiger partial charge in [-0.3, -0.25) is 20.4 Å². The molecule has 0 unspecified atom stereocenters. The van der Waals surface area contributed by atoms with E-state index < -0.39 is 21.7 Å². The molecule has 2 rings (SSSR count). The monoisotopic (exact) mass is 380 g/mol. The summed E-state index contributed by atoms with van der Waals surface area (Å²) in [6.45, 7) is 1.85. The lowest BCUT2D eigenvalue weighted by Crippen LogP contribution is -2.42. The molecule has 0 aliphatic carbocycles. The van der Waals surface area contributed by atoms with Crippen LogP contribution in [0.25, 0.3) is 0 Å². The number of hydrazine groups is 1. The van der Waals surface area contributed by atoms with E-state index in [1.807, 2.05) is 6.92 Å². The molecule has 0 fully saturated rings. The van der Waals surface area contributed by atoms with Gasteiger partial charge in [-0.05, 0) is 37.3 Å². The number of carbonyl (C=O) groups is 2. The molecule has 0 atom stereocenters. The van der Waals surface area contributed by atoms with Crippen molar-refractivity contribution >= 4 is 33.3 Å². The summed E-state index contributed by atoms with van der Waals surface area (Å²) < 4.78 is 24.3. The molecule has 0 saturated carbocycles. The van der Waals surface area contributed by atoms with Crippen LogP contribution in [0.1, 0.15) is 22.3 Å². The Balaban J connectivity index is 1.86. The van der Waals surface area contributed by atoms with Gasteiger partial charge >= 0.3 is 0 Å². The number of benzene rings is 2. The van der Waals surface area contributed by atoms with Gasteiger partial charge in [0, 0.05) is 17.0 Å². The molecule has 8 heteroatoms. The summed E-state index contributed by atoms with van der Waals surface area (Å²) in [6, 6.07) is 12.6. The molecule has 25 heavy (non-hydrogen) atoms. The third-order valence-electron chi connectivity index (χ3n) is 3.38. The lowest BCUT2D eigenvalue weighted by atomic mass is 10.2. The Morgan fingerprint density at radius 3 is 2.36 bits per heavy atom. The second-order valence-electron chi connectivity index (χ2n) is 5.39. The molecular weight excluding hydrogens is 364 g/mol. The summed E-state index contributed by atoms with van der Waals surface area (Å²) in [4.78, 5) is 23.8. The second kappa shape index (κ2) is 8.13. The number of amides is 2. The fourth-order valence-electron chi connectivity index (χ4n) is 1.98. The van der Waals surface area contributed by atoms with Crippen LogP contribution in [0.3, 0.4) is 0 Å². The van der Waals surface area contributed by atoms with Crippen molar-refractivity contribution in [2.75, 3.05) is 5.75 Å². The van der Waals surface area contributed by atoms with Crippen molar-refractivity contribution in [2.45, 2.75) is 18.2 Å². The molecule has 2 amide bonds. The van der Waals surface area contributed by atoms with Gasteiger partial charge in [0.15, 0.2) is 9.84 Å². The van der Waals surface area contributed by atoms with E-state index in [0.29, 0.717) is 5.02 Å². The van der Waals surface area contributed by atoms with Gasteiger partial charge in [0.1, 0.15) is 0 Å². The fourth-order valence-corrected chi connectivity index (χ4v) is 3.41. The zero-order chi connectivity index (χ0) is 18.4. The van der Waals surface area contributed by atoms with E-state index in [0.717, 1.165) is 5.56 Å². The molecular formula is C17H17ClN2O4S. The number of aryl methyl sites for hydroxylation is 1. The van der Waals surface area contributed by atoms with Gasteiger partial charge in [0.2, 0.25) is 5.91 Å². The van der Waals surface area contributed by atoms with Gasteiger partial charge in [-0.25, -0.2) is 8.42 Å². The van der Waals surface area contributed by atoms with Gasteiger partial charge in [-0.2, -0.15) is 0 Å².